The summed E-state index contributed by atoms with van der Waals surface area (Å²) in [6, 6.07) is 5.30. The Morgan fingerprint density at radius 3 is 2.76 bits per heavy atom. The van der Waals surface area contributed by atoms with E-state index in [1.807, 2.05) is 20.8 Å². The lowest BCUT2D eigenvalue weighted by atomic mass is 9.62. The van der Waals surface area contributed by atoms with Crippen LogP contribution in [0.4, 0.5) is 13.2 Å². The summed E-state index contributed by atoms with van der Waals surface area (Å²) < 4.78 is 40.4. The molecule has 3 heterocycles. The third-order valence-electron chi connectivity index (χ3n) is 6.12. The first-order valence-corrected chi connectivity index (χ1v) is 9.79. The molecule has 3 aliphatic heterocycles. The zero-order valence-corrected chi connectivity index (χ0v) is 16.5. The van der Waals surface area contributed by atoms with Crippen molar-refractivity contribution in [2.75, 3.05) is 6.54 Å². The highest BCUT2D eigenvalue weighted by Gasteiger charge is 2.53. The predicted octanol–water partition coefficient (Wildman–Crippen LogP) is 4.53. The summed E-state index contributed by atoms with van der Waals surface area (Å²) in [6.07, 6.45) is -2.29. The fourth-order valence-electron chi connectivity index (χ4n) is 4.72. The number of nitrogens with zero attached hydrogens (tertiary/aromatic N) is 3. The molecule has 1 amide bonds. The number of benzene rings is 1. The van der Waals surface area contributed by atoms with Gasteiger partial charge in [0.05, 0.1) is 22.8 Å². The summed E-state index contributed by atoms with van der Waals surface area (Å²) >= 11 is 0. The zero-order valence-electron chi connectivity index (χ0n) is 16.5. The van der Waals surface area contributed by atoms with Gasteiger partial charge in [-0.1, -0.05) is 25.1 Å². The standard InChI is InChI=1S/C21H23F3N4O/c1-4-20(13-6-5-7-14(10-13)21(22,23)24)15-11-25-27-18(15)26-16-8-9-28(12(2)3)19(29)17(16)20/h5-7,10-12,18,26H,4,8-9H2,1-3H3. The molecular weight excluding hydrogens is 381 g/mol. The van der Waals surface area contributed by atoms with Gasteiger partial charge < -0.3 is 10.2 Å². The summed E-state index contributed by atoms with van der Waals surface area (Å²) in [7, 11) is 0. The number of hydrogen-bond acceptors (Lipinski definition) is 4. The van der Waals surface area contributed by atoms with Crippen LogP contribution in [0.2, 0.25) is 0 Å². The number of carbonyl (C=O) groups is 1. The van der Waals surface area contributed by atoms with Crippen LogP contribution in [0.15, 0.2) is 57.5 Å². The first-order chi connectivity index (χ1) is 13.7. The summed E-state index contributed by atoms with van der Waals surface area (Å²) in [5.74, 6) is -0.140. The molecular formula is C21H23F3N4O. The van der Waals surface area contributed by atoms with Crippen LogP contribution < -0.4 is 5.32 Å². The minimum absolute atomic E-state index is 0.00253. The SMILES string of the molecule is CCC1(c2cccc(C(F)(F)F)c2)C2=CN=NC2NC2=C1C(=O)N(C(C)C)CC2. The molecule has 1 aromatic carbocycles. The Bertz CT molecular complexity index is 947. The molecule has 1 aromatic rings. The van der Waals surface area contributed by atoms with Crippen molar-refractivity contribution >= 4 is 5.91 Å². The number of rotatable bonds is 3. The second-order valence-electron chi connectivity index (χ2n) is 7.90. The van der Waals surface area contributed by atoms with E-state index >= 15 is 0 Å². The van der Waals surface area contributed by atoms with E-state index in [2.05, 4.69) is 15.5 Å². The molecule has 154 valence electrons. The van der Waals surface area contributed by atoms with Crippen LogP contribution in [0.1, 0.15) is 44.7 Å². The highest BCUT2D eigenvalue weighted by atomic mass is 19.4. The summed E-state index contributed by atoms with van der Waals surface area (Å²) in [4.78, 5) is 15.3. The van der Waals surface area contributed by atoms with Crippen molar-refractivity contribution in [1.29, 1.82) is 0 Å². The maximum atomic E-state index is 13.5. The maximum absolute atomic E-state index is 13.5. The van der Waals surface area contributed by atoms with Crippen molar-refractivity contribution in [1.82, 2.24) is 10.2 Å². The van der Waals surface area contributed by atoms with E-state index in [4.69, 9.17) is 0 Å². The van der Waals surface area contributed by atoms with Gasteiger partial charge in [-0.05, 0) is 31.9 Å². The van der Waals surface area contributed by atoms with E-state index in [1.165, 1.54) is 6.07 Å². The molecule has 2 atom stereocenters. The van der Waals surface area contributed by atoms with Crippen LogP contribution >= 0.6 is 0 Å². The molecule has 5 nitrogen and oxygen atoms in total. The molecule has 4 rings (SSSR count). The molecule has 1 N–H and O–H groups in total. The van der Waals surface area contributed by atoms with Gasteiger partial charge in [0.1, 0.15) is 0 Å². The minimum Gasteiger partial charge on any atom is -0.362 e. The number of azo groups is 1. The minimum atomic E-state index is -4.46. The van der Waals surface area contributed by atoms with E-state index in [0.717, 1.165) is 23.4 Å². The van der Waals surface area contributed by atoms with Gasteiger partial charge in [0, 0.05) is 30.3 Å². The topological polar surface area (TPSA) is 57.1 Å². The van der Waals surface area contributed by atoms with Crippen LogP contribution in [0.5, 0.6) is 0 Å². The molecule has 0 saturated heterocycles. The second-order valence-corrected chi connectivity index (χ2v) is 7.90. The van der Waals surface area contributed by atoms with Crippen LogP contribution in [0.25, 0.3) is 0 Å². The second kappa shape index (κ2) is 6.71. The van der Waals surface area contributed by atoms with Gasteiger partial charge in [-0.3, -0.25) is 4.79 Å². The van der Waals surface area contributed by atoms with Crippen molar-refractivity contribution in [2.24, 2.45) is 10.2 Å². The Balaban J connectivity index is 1.97. The monoisotopic (exact) mass is 404 g/mol. The predicted molar refractivity (Wildman–Crippen MR) is 102 cm³/mol. The molecule has 0 radical (unpaired) electrons. The quantitative estimate of drug-likeness (QED) is 0.805. The normalized spacial score (nSPS) is 26.4. The number of nitrogens with one attached hydrogen (secondary N) is 1. The summed E-state index contributed by atoms with van der Waals surface area (Å²) in [5, 5.41) is 11.5. The van der Waals surface area contributed by atoms with Crippen LogP contribution in [-0.2, 0) is 16.4 Å². The van der Waals surface area contributed by atoms with E-state index in [9.17, 15) is 18.0 Å². The van der Waals surface area contributed by atoms with Gasteiger partial charge in [0.25, 0.3) is 5.91 Å². The number of fused-ring (bicyclic) bond motifs is 1. The van der Waals surface area contributed by atoms with Crippen molar-refractivity contribution in [3.63, 3.8) is 0 Å². The van der Waals surface area contributed by atoms with Gasteiger partial charge >= 0.3 is 6.18 Å². The average Bonchev–Trinajstić information content (AvgIpc) is 3.14. The molecule has 0 fully saturated rings. The van der Waals surface area contributed by atoms with Gasteiger partial charge in [-0.25, -0.2) is 0 Å². The van der Waals surface area contributed by atoms with Crippen molar-refractivity contribution < 1.29 is 18.0 Å². The molecule has 0 aliphatic carbocycles. The molecule has 0 bridgehead atoms. The van der Waals surface area contributed by atoms with Crippen LogP contribution in [0, 0.1) is 0 Å². The fourth-order valence-corrected chi connectivity index (χ4v) is 4.72. The van der Waals surface area contributed by atoms with Crippen molar-refractivity contribution in [3.8, 4) is 0 Å². The Labute approximate surface area is 167 Å². The summed E-state index contributed by atoms with van der Waals surface area (Å²) in [6.45, 7) is 6.35. The highest BCUT2D eigenvalue weighted by Crippen LogP contribution is 2.51. The zero-order chi connectivity index (χ0) is 21.0. The largest absolute Gasteiger partial charge is 0.416 e. The van der Waals surface area contributed by atoms with E-state index in [0.29, 0.717) is 30.5 Å². The number of halogens is 3. The van der Waals surface area contributed by atoms with Crippen molar-refractivity contribution in [3.05, 3.63) is 58.4 Å². The summed E-state index contributed by atoms with van der Waals surface area (Å²) in [5.41, 5.74) is 0.726. The van der Waals surface area contributed by atoms with E-state index in [1.54, 1.807) is 17.2 Å². The number of alkyl halides is 3. The maximum Gasteiger partial charge on any atom is 0.416 e. The van der Waals surface area contributed by atoms with Gasteiger partial charge in [-0.15, -0.1) is 0 Å². The van der Waals surface area contributed by atoms with E-state index in [-0.39, 0.29) is 11.9 Å². The van der Waals surface area contributed by atoms with Crippen LogP contribution in [-0.4, -0.2) is 29.6 Å². The van der Waals surface area contributed by atoms with E-state index < -0.39 is 23.3 Å². The molecule has 3 aliphatic rings. The molecule has 2 unspecified atom stereocenters. The van der Waals surface area contributed by atoms with Crippen LogP contribution in [0.3, 0.4) is 0 Å². The Kier molecular flexibility index (Phi) is 4.55. The molecule has 0 aromatic heterocycles. The lowest BCUT2D eigenvalue weighted by molar-refractivity contribution is -0.137. The molecule has 29 heavy (non-hydrogen) atoms. The molecule has 0 spiro atoms. The van der Waals surface area contributed by atoms with Crippen molar-refractivity contribution in [2.45, 2.75) is 57.4 Å². The Morgan fingerprint density at radius 2 is 2.10 bits per heavy atom. The Morgan fingerprint density at radius 1 is 1.34 bits per heavy atom. The average molecular weight is 404 g/mol. The third kappa shape index (κ3) is 2.88. The first-order valence-electron chi connectivity index (χ1n) is 9.79. The van der Waals surface area contributed by atoms with Gasteiger partial charge in [-0.2, -0.15) is 23.4 Å². The lowest BCUT2D eigenvalue weighted by Crippen LogP contribution is -2.55. The van der Waals surface area contributed by atoms with Gasteiger partial charge in [0.2, 0.25) is 0 Å². The fraction of sp³-hybridized carbons (Fsp3) is 0.476. The third-order valence-corrected chi connectivity index (χ3v) is 6.12. The Hall–Kier alpha value is -2.64. The number of amides is 1. The molecule has 0 saturated carbocycles. The number of hydrogen-bond donors (Lipinski definition) is 1. The van der Waals surface area contributed by atoms with Gasteiger partial charge in [0.15, 0.2) is 6.17 Å². The number of carbonyl (C=O) groups excluding carboxylic acids is 1. The highest BCUT2D eigenvalue weighted by molar-refractivity contribution is 5.99. The lowest BCUT2D eigenvalue weighted by Gasteiger charge is -2.48. The first kappa shape index (κ1) is 19.7. The smallest absolute Gasteiger partial charge is 0.362 e. The molecule has 8 heteroatoms.